The SMILES string of the molecule is CCOc1cc([C@@H]2NC(=O)NC(C)=C2C(=O)OC)ccc1OC[C@H](O)N/N=C\c1cc([N+](=O)[O-])ccc1N(CC)CC. The van der Waals surface area contributed by atoms with Crippen LogP contribution in [0.3, 0.4) is 0 Å². The normalized spacial score (nSPS) is 15.5. The lowest BCUT2D eigenvalue weighted by Gasteiger charge is -2.28. The van der Waals surface area contributed by atoms with Gasteiger partial charge in [0.25, 0.3) is 5.69 Å². The van der Waals surface area contributed by atoms with Crippen LogP contribution in [0.25, 0.3) is 0 Å². The summed E-state index contributed by atoms with van der Waals surface area (Å²) in [4.78, 5) is 37.4. The van der Waals surface area contributed by atoms with Crippen LogP contribution in [-0.2, 0) is 9.53 Å². The van der Waals surface area contributed by atoms with Gasteiger partial charge in [-0.3, -0.25) is 15.5 Å². The number of nitrogens with zero attached hydrogens (tertiary/aromatic N) is 3. The van der Waals surface area contributed by atoms with Gasteiger partial charge in [0.2, 0.25) is 0 Å². The van der Waals surface area contributed by atoms with E-state index in [2.05, 4.69) is 21.2 Å². The van der Waals surface area contributed by atoms with E-state index >= 15 is 0 Å². The number of hydrazone groups is 1. The molecule has 0 unspecified atom stereocenters. The first-order valence-corrected chi connectivity index (χ1v) is 13.4. The van der Waals surface area contributed by atoms with Crippen LogP contribution in [-0.4, -0.2) is 67.9 Å². The molecular weight excluding hydrogens is 548 g/mol. The van der Waals surface area contributed by atoms with Crippen molar-refractivity contribution in [3.05, 3.63) is 68.9 Å². The summed E-state index contributed by atoms with van der Waals surface area (Å²) in [6, 6.07) is 8.20. The monoisotopic (exact) mass is 584 g/mol. The van der Waals surface area contributed by atoms with Crippen molar-refractivity contribution in [2.75, 3.05) is 38.3 Å². The topological polar surface area (TPSA) is 177 Å². The van der Waals surface area contributed by atoms with Crippen molar-refractivity contribution in [3.63, 3.8) is 0 Å². The minimum Gasteiger partial charge on any atom is -0.490 e. The molecule has 0 saturated heterocycles. The number of anilines is 1. The Kier molecular flexibility index (Phi) is 11.1. The molecule has 3 rings (SSSR count). The number of carbonyl (C=O) groups excluding carboxylic acids is 2. The Bertz CT molecular complexity index is 1360. The summed E-state index contributed by atoms with van der Waals surface area (Å²) < 4.78 is 16.4. The van der Waals surface area contributed by atoms with E-state index in [0.29, 0.717) is 48.0 Å². The molecule has 2 aromatic carbocycles. The fraction of sp³-hybridized carbons (Fsp3) is 0.393. The standard InChI is InChI=1S/C28H36N6O8/c1-6-33(7-2)21-11-10-20(34(38)39)13-19(21)15-29-32-24(35)16-42-22-12-9-18(14-23(22)41-8-3)26-25(27(36)40-5)17(4)30-28(37)31-26/h9-15,24,26,32,35H,6-8,16H2,1-5H3,(H2,30,31,37)/b29-15-/t24-,26-/m0/s1. The van der Waals surface area contributed by atoms with Crippen LogP contribution in [0.1, 0.15) is 44.9 Å². The minimum absolute atomic E-state index is 0.0726. The van der Waals surface area contributed by atoms with E-state index in [1.807, 2.05) is 18.7 Å². The summed E-state index contributed by atoms with van der Waals surface area (Å²) >= 11 is 0. The maximum Gasteiger partial charge on any atom is 0.337 e. The van der Waals surface area contributed by atoms with Crippen LogP contribution in [0.5, 0.6) is 11.5 Å². The van der Waals surface area contributed by atoms with E-state index in [1.54, 1.807) is 38.1 Å². The number of benzene rings is 2. The molecule has 4 N–H and O–H groups in total. The number of hydrogen-bond acceptors (Lipinski definition) is 11. The first-order chi connectivity index (χ1) is 20.1. The third-order valence-corrected chi connectivity index (χ3v) is 6.43. The number of amides is 2. The van der Waals surface area contributed by atoms with Crippen molar-refractivity contribution in [2.45, 2.75) is 40.0 Å². The zero-order valence-electron chi connectivity index (χ0n) is 24.2. The maximum absolute atomic E-state index is 12.4. The quantitative estimate of drug-likeness (QED) is 0.0849. The molecule has 0 spiro atoms. The van der Waals surface area contributed by atoms with Gasteiger partial charge in [0.1, 0.15) is 6.61 Å². The van der Waals surface area contributed by atoms with Crippen LogP contribution in [0, 0.1) is 10.1 Å². The molecule has 2 amide bonds. The fourth-order valence-corrected chi connectivity index (χ4v) is 4.43. The summed E-state index contributed by atoms with van der Waals surface area (Å²) in [5, 5.41) is 31.1. The summed E-state index contributed by atoms with van der Waals surface area (Å²) in [6.07, 6.45) is 0.178. The summed E-state index contributed by atoms with van der Waals surface area (Å²) in [7, 11) is 1.26. The highest BCUT2D eigenvalue weighted by molar-refractivity contribution is 5.95. The number of aliphatic hydroxyl groups excluding tert-OH is 1. The van der Waals surface area contributed by atoms with Gasteiger partial charge in [0, 0.05) is 42.2 Å². The number of nitro groups is 1. The molecular formula is C28H36N6O8. The van der Waals surface area contributed by atoms with Crippen molar-refractivity contribution in [2.24, 2.45) is 5.10 Å². The van der Waals surface area contributed by atoms with Crippen LogP contribution < -0.4 is 30.4 Å². The number of allylic oxidation sites excluding steroid dienone is 1. The Morgan fingerprint density at radius 2 is 1.93 bits per heavy atom. The van der Waals surface area contributed by atoms with E-state index in [0.717, 1.165) is 5.69 Å². The number of methoxy groups -OCH3 is 1. The lowest BCUT2D eigenvalue weighted by Crippen LogP contribution is -2.45. The van der Waals surface area contributed by atoms with Crippen LogP contribution in [0.15, 0.2) is 52.8 Å². The molecule has 14 nitrogen and oxygen atoms in total. The second kappa shape index (κ2) is 14.7. The van der Waals surface area contributed by atoms with Gasteiger partial charge in [-0.2, -0.15) is 5.10 Å². The molecule has 42 heavy (non-hydrogen) atoms. The Morgan fingerprint density at radius 3 is 2.57 bits per heavy atom. The zero-order valence-corrected chi connectivity index (χ0v) is 24.2. The van der Waals surface area contributed by atoms with Crippen molar-refractivity contribution >= 4 is 29.6 Å². The number of hydrogen-bond donors (Lipinski definition) is 4. The average Bonchev–Trinajstić information content (AvgIpc) is 2.97. The van der Waals surface area contributed by atoms with Crippen molar-refractivity contribution in [1.82, 2.24) is 16.1 Å². The van der Waals surface area contributed by atoms with E-state index in [4.69, 9.17) is 14.2 Å². The number of ether oxygens (including phenoxy) is 3. The highest BCUT2D eigenvalue weighted by Crippen LogP contribution is 2.35. The maximum atomic E-state index is 12.4. The molecule has 0 fully saturated rings. The largest absolute Gasteiger partial charge is 0.490 e. The number of aliphatic hydroxyl groups is 1. The molecule has 0 bridgehead atoms. The second-order valence-corrected chi connectivity index (χ2v) is 9.09. The summed E-state index contributed by atoms with van der Waals surface area (Å²) in [5.74, 6) is 0.0571. The minimum atomic E-state index is -1.23. The van der Waals surface area contributed by atoms with E-state index < -0.39 is 29.2 Å². The third-order valence-electron chi connectivity index (χ3n) is 6.43. The molecule has 1 aliphatic heterocycles. The summed E-state index contributed by atoms with van der Waals surface area (Å²) in [6.45, 7) is 8.84. The van der Waals surface area contributed by atoms with Gasteiger partial charge in [-0.15, -0.1) is 0 Å². The van der Waals surface area contributed by atoms with E-state index in [9.17, 15) is 24.8 Å². The number of esters is 1. The molecule has 0 aliphatic carbocycles. The molecule has 14 heteroatoms. The molecule has 226 valence electrons. The van der Waals surface area contributed by atoms with Crippen LogP contribution >= 0.6 is 0 Å². The average molecular weight is 585 g/mol. The second-order valence-electron chi connectivity index (χ2n) is 9.09. The summed E-state index contributed by atoms with van der Waals surface area (Å²) in [5.41, 5.74) is 4.96. The number of urea groups is 1. The van der Waals surface area contributed by atoms with Crippen LogP contribution in [0.2, 0.25) is 0 Å². The fourth-order valence-electron chi connectivity index (χ4n) is 4.43. The number of nitrogens with one attached hydrogen (secondary N) is 3. The number of rotatable bonds is 14. The van der Waals surface area contributed by atoms with Gasteiger partial charge < -0.3 is 34.9 Å². The predicted octanol–water partition coefficient (Wildman–Crippen LogP) is 2.96. The Hall–Kier alpha value is -4.85. The number of carbonyl (C=O) groups is 2. The van der Waals surface area contributed by atoms with E-state index in [-0.39, 0.29) is 17.9 Å². The molecule has 0 saturated carbocycles. The van der Waals surface area contributed by atoms with Gasteiger partial charge in [0.05, 0.1) is 36.5 Å². The van der Waals surface area contributed by atoms with Gasteiger partial charge in [0.15, 0.2) is 17.7 Å². The lowest BCUT2D eigenvalue weighted by atomic mass is 9.95. The molecule has 2 atom stereocenters. The van der Waals surface area contributed by atoms with Gasteiger partial charge in [-0.1, -0.05) is 6.07 Å². The van der Waals surface area contributed by atoms with Gasteiger partial charge in [-0.25, -0.2) is 9.59 Å². The zero-order chi connectivity index (χ0) is 30.8. The highest BCUT2D eigenvalue weighted by atomic mass is 16.6. The van der Waals surface area contributed by atoms with Crippen molar-refractivity contribution < 1.29 is 33.8 Å². The molecule has 1 heterocycles. The Morgan fingerprint density at radius 1 is 1.19 bits per heavy atom. The Balaban J connectivity index is 1.74. The Labute approximate surface area is 243 Å². The highest BCUT2D eigenvalue weighted by Gasteiger charge is 2.32. The number of nitro benzene ring substituents is 1. The predicted molar refractivity (Wildman–Crippen MR) is 156 cm³/mol. The lowest BCUT2D eigenvalue weighted by molar-refractivity contribution is -0.384. The van der Waals surface area contributed by atoms with E-state index in [1.165, 1.54) is 25.5 Å². The molecule has 0 radical (unpaired) electrons. The molecule has 0 aromatic heterocycles. The van der Waals surface area contributed by atoms with Gasteiger partial charge >= 0.3 is 12.0 Å². The first-order valence-electron chi connectivity index (χ1n) is 13.4. The smallest absolute Gasteiger partial charge is 0.337 e. The van der Waals surface area contributed by atoms with Crippen molar-refractivity contribution in [3.8, 4) is 11.5 Å². The number of non-ortho nitro benzene ring substituents is 1. The first kappa shape index (κ1) is 31.7. The molecule has 2 aromatic rings. The molecule has 1 aliphatic rings. The van der Waals surface area contributed by atoms with Crippen molar-refractivity contribution in [1.29, 1.82) is 0 Å². The third kappa shape index (κ3) is 7.66. The van der Waals surface area contributed by atoms with Gasteiger partial charge in [-0.05, 0) is 51.5 Å². The van der Waals surface area contributed by atoms with Crippen LogP contribution in [0.4, 0.5) is 16.2 Å².